The van der Waals surface area contributed by atoms with Gasteiger partial charge in [-0.3, -0.25) is 4.79 Å². The lowest BCUT2D eigenvalue weighted by molar-refractivity contribution is 0.0969. The zero-order valence-electron chi connectivity index (χ0n) is 14.1. The molecule has 0 bridgehead atoms. The Morgan fingerprint density at radius 1 is 1.30 bits per heavy atom. The van der Waals surface area contributed by atoms with Gasteiger partial charge in [0.2, 0.25) is 10.0 Å². The maximum atomic E-state index is 12.2. The van der Waals surface area contributed by atoms with E-state index in [1.165, 1.54) is 0 Å². The number of ketones is 1. The standard InChI is InChI=1S/C17H26N2O3S/c1-13(2)18-23(21,22)16-8-10-19(12-16)11-9-17(20)15-6-4-14(3)5-7-15/h4-7,13,16,18H,8-12H2,1-3H3/t16-/m1/s1. The summed E-state index contributed by atoms with van der Waals surface area (Å²) < 4.78 is 27.0. The van der Waals surface area contributed by atoms with Crippen LogP contribution in [0.4, 0.5) is 0 Å². The minimum absolute atomic E-state index is 0.0860. The lowest BCUT2D eigenvalue weighted by atomic mass is 10.1. The fourth-order valence-electron chi connectivity index (χ4n) is 2.82. The van der Waals surface area contributed by atoms with Crippen LogP contribution in [0.3, 0.4) is 0 Å². The normalized spacial score (nSPS) is 19.4. The van der Waals surface area contributed by atoms with Crippen LogP contribution in [0.15, 0.2) is 24.3 Å². The van der Waals surface area contributed by atoms with Crippen molar-refractivity contribution in [3.63, 3.8) is 0 Å². The second kappa shape index (κ2) is 7.55. The van der Waals surface area contributed by atoms with Gasteiger partial charge in [0, 0.05) is 31.1 Å². The molecule has 23 heavy (non-hydrogen) atoms. The summed E-state index contributed by atoms with van der Waals surface area (Å²) in [4.78, 5) is 14.2. The highest BCUT2D eigenvalue weighted by molar-refractivity contribution is 7.90. The monoisotopic (exact) mass is 338 g/mol. The number of likely N-dealkylation sites (tertiary alicyclic amines) is 1. The first-order valence-electron chi connectivity index (χ1n) is 8.11. The van der Waals surface area contributed by atoms with Gasteiger partial charge in [-0.2, -0.15) is 0 Å². The molecule has 1 fully saturated rings. The van der Waals surface area contributed by atoms with Crippen LogP contribution in [0.1, 0.15) is 42.6 Å². The lowest BCUT2D eigenvalue weighted by Crippen LogP contribution is -2.40. The number of aryl methyl sites for hydroxylation is 1. The number of nitrogens with zero attached hydrogens (tertiary/aromatic N) is 1. The number of hydrogen-bond acceptors (Lipinski definition) is 4. The number of benzene rings is 1. The van der Waals surface area contributed by atoms with Crippen molar-refractivity contribution < 1.29 is 13.2 Å². The molecule has 1 N–H and O–H groups in total. The summed E-state index contributed by atoms with van der Waals surface area (Å²) >= 11 is 0. The van der Waals surface area contributed by atoms with E-state index in [4.69, 9.17) is 0 Å². The average Bonchev–Trinajstić information content (AvgIpc) is 2.94. The molecule has 2 rings (SSSR count). The number of nitrogens with one attached hydrogen (secondary N) is 1. The third-order valence-electron chi connectivity index (χ3n) is 4.10. The van der Waals surface area contributed by atoms with E-state index >= 15 is 0 Å². The highest BCUT2D eigenvalue weighted by Crippen LogP contribution is 2.17. The first-order valence-corrected chi connectivity index (χ1v) is 9.66. The van der Waals surface area contributed by atoms with Gasteiger partial charge in [-0.1, -0.05) is 29.8 Å². The zero-order valence-corrected chi connectivity index (χ0v) is 14.9. The molecule has 0 amide bonds. The van der Waals surface area contributed by atoms with Crippen molar-refractivity contribution >= 4 is 15.8 Å². The van der Waals surface area contributed by atoms with Gasteiger partial charge in [-0.05, 0) is 33.7 Å². The van der Waals surface area contributed by atoms with Gasteiger partial charge in [0.25, 0.3) is 0 Å². The number of hydrogen-bond donors (Lipinski definition) is 1. The molecule has 5 nitrogen and oxygen atoms in total. The van der Waals surface area contributed by atoms with Gasteiger partial charge in [0.05, 0.1) is 5.25 Å². The first kappa shape index (κ1) is 18.1. The van der Waals surface area contributed by atoms with Crippen LogP contribution in [0.2, 0.25) is 0 Å². The molecule has 1 aromatic rings. The Kier molecular flexibility index (Phi) is 5.95. The quantitative estimate of drug-likeness (QED) is 0.772. The largest absolute Gasteiger partial charge is 0.301 e. The van der Waals surface area contributed by atoms with Crippen LogP contribution < -0.4 is 4.72 Å². The molecule has 1 aliphatic heterocycles. The molecule has 0 saturated carbocycles. The molecule has 0 radical (unpaired) electrons. The van der Waals surface area contributed by atoms with E-state index in [0.29, 0.717) is 25.9 Å². The zero-order chi connectivity index (χ0) is 17.0. The maximum absolute atomic E-state index is 12.2. The third kappa shape index (κ3) is 5.12. The van der Waals surface area contributed by atoms with E-state index in [2.05, 4.69) is 9.62 Å². The minimum atomic E-state index is -3.26. The molecule has 1 aliphatic rings. The smallest absolute Gasteiger partial charge is 0.216 e. The maximum Gasteiger partial charge on any atom is 0.216 e. The van der Waals surface area contributed by atoms with E-state index in [9.17, 15) is 13.2 Å². The van der Waals surface area contributed by atoms with Crippen molar-refractivity contribution in [2.45, 2.75) is 44.9 Å². The topological polar surface area (TPSA) is 66.5 Å². The Bertz CT molecular complexity index is 638. The molecule has 6 heteroatoms. The molecule has 128 valence electrons. The fraction of sp³-hybridized carbons (Fsp3) is 0.588. The van der Waals surface area contributed by atoms with E-state index in [-0.39, 0.29) is 17.1 Å². The van der Waals surface area contributed by atoms with Crippen LogP contribution in [-0.2, 0) is 10.0 Å². The molecular weight excluding hydrogens is 312 g/mol. The minimum Gasteiger partial charge on any atom is -0.301 e. The third-order valence-corrected chi connectivity index (χ3v) is 6.16. The molecule has 1 heterocycles. The molecule has 0 spiro atoms. The fourth-order valence-corrected chi connectivity index (χ4v) is 4.49. The number of carbonyl (C=O) groups is 1. The van der Waals surface area contributed by atoms with E-state index in [0.717, 1.165) is 17.7 Å². The summed E-state index contributed by atoms with van der Waals surface area (Å²) in [7, 11) is -3.26. The van der Waals surface area contributed by atoms with Crippen molar-refractivity contribution in [1.82, 2.24) is 9.62 Å². The summed E-state index contributed by atoms with van der Waals surface area (Å²) in [6.45, 7) is 7.48. The summed E-state index contributed by atoms with van der Waals surface area (Å²) in [6.07, 6.45) is 1.05. The van der Waals surface area contributed by atoms with Crippen LogP contribution in [-0.4, -0.2) is 50.0 Å². The SMILES string of the molecule is Cc1ccc(C(=O)CCN2CC[C@@H](S(=O)(=O)NC(C)C)C2)cc1. The summed E-state index contributed by atoms with van der Waals surface area (Å²) in [5.41, 5.74) is 1.85. The summed E-state index contributed by atoms with van der Waals surface area (Å²) in [5, 5.41) is -0.376. The van der Waals surface area contributed by atoms with E-state index < -0.39 is 10.0 Å². The van der Waals surface area contributed by atoms with Crippen molar-refractivity contribution in [3.8, 4) is 0 Å². The van der Waals surface area contributed by atoms with Crippen molar-refractivity contribution in [2.24, 2.45) is 0 Å². The van der Waals surface area contributed by atoms with Gasteiger partial charge >= 0.3 is 0 Å². The molecule has 0 aliphatic carbocycles. The number of rotatable bonds is 7. The van der Waals surface area contributed by atoms with Crippen LogP contribution >= 0.6 is 0 Å². The Balaban J connectivity index is 1.84. The predicted octanol–water partition coefficient (Wildman–Crippen LogP) is 1.97. The van der Waals surface area contributed by atoms with E-state index in [1.807, 2.05) is 45.0 Å². The van der Waals surface area contributed by atoms with Crippen LogP contribution in [0.25, 0.3) is 0 Å². The molecule has 0 aromatic heterocycles. The van der Waals surface area contributed by atoms with Gasteiger partial charge in [-0.25, -0.2) is 13.1 Å². The van der Waals surface area contributed by atoms with Gasteiger partial charge in [-0.15, -0.1) is 0 Å². The number of Topliss-reactive ketones (excluding diaryl/α,β-unsaturated/α-hetero) is 1. The number of carbonyl (C=O) groups excluding carboxylic acids is 1. The van der Waals surface area contributed by atoms with Crippen molar-refractivity contribution in [2.75, 3.05) is 19.6 Å². The highest BCUT2D eigenvalue weighted by atomic mass is 32.2. The summed E-state index contributed by atoms with van der Waals surface area (Å²) in [6, 6.07) is 7.48. The van der Waals surface area contributed by atoms with Gasteiger partial charge in [0.1, 0.15) is 0 Å². The van der Waals surface area contributed by atoms with Crippen LogP contribution in [0, 0.1) is 6.92 Å². The second-order valence-electron chi connectivity index (χ2n) is 6.57. The van der Waals surface area contributed by atoms with Crippen molar-refractivity contribution in [3.05, 3.63) is 35.4 Å². The number of sulfonamides is 1. The lowest BCUT2D eigenvalue weighted by Gasteiger charge is -2.17. The highest BCUT2D eigenvalue weighted by Gasteiger charge is 2.33. The first-order chi connectivity index (χ1) is 10.8. The Labute approximate surface area is 139 Å². The average molecular weight is 338 g/mol. The van der Waals surface area contributed by atoms with Crippen LogP contribution in [0.5, 0.6) is 0 Å². The van der Waals surface area contributed by atoms with Gasteiger partial charge < -0.3 is 4.90 Å². The Morgan fingerprint density at radius 3 is 2.57 bits per heavy atom. The molecule has 0 unspecified atom stereocenters. The molecule has 1 saturated heterocycles. The second-order valence-corrected chi connectivity index (χ2v) is 8.56. The van der Waals surface area contributed by atoms with E-state index in [1.54, 1.807) is 0 Å². The predicted molar refractivity (Wildman–Crippen MR) is 92.2 cm³/mol. The molecule has 1 aromatic carbocycles. The summed E-state index contributed by atoms with van der Waals surface area (Å²) in [5.74, 6) is 0.108. The Morgan fingerprint density at radius 2 is 1.96 bits per heavy atom. The Hall–Kier alpha value is -1.24. The van der Waals surface area contributed by atoms with Crippen molar-refractivity contribution in [1.29, 1.82) is 0 Å². The molecule has 1 atom stereocenters. The van der Waals surface area contributed by atoms with Gasteiger partial charge in [0.15, 0.2) is 5.78 Å². The molecular formula is C17H26N2O3S.